The SMILES string of the molecule is CCNC(=NCC(c1ccccc1)N(C)C)NC1CCN(c2cccs2)CC1. The molecule has 1 saturated heterocycles. The summed E-state index contributed by atoms with van der Waals surface area (Å²) in [7, 11) is 4.24. The standard InChI is InChI=1S/C22H33N5S/c1-4-23-22(24-17-20(26(2)3)18-9-6-5-7-10-18)25-19-12-14-27(15-13-19)21-11-8-16-28-21/h5-11,16,19-20H,4,12-15,17H2,1-3H3,(H2,23,24,25). The minimum atomic E-state index is 0.275. The fourth-order valence-electron chi connectivity index (χ4n) is 3.63. The third kappa shape index (κ3) is 5.72. The largest absolute Gasteiger partial charge is 0.363 e. The first-order valence-corrected chi connectivity index (χ1v) is 11.1. The molecule has 1 unspecified atom stereocenters. The van der Waals surface area contributed by atoms with Crippen molar-refractivity contribution in [3.05, 3.63) is 53.4 Å². The highest BCUT2D eigenvalue weighted by molar-refractivity contribution is 7.14. The van der Waals surface area contributed by atoms with Crippen LogP contribution in [0.3, 0.4) is 0 Å². The quantitative estimate of drug-likeness (QED) is 0.552. The van der Waals surface area contributed by atoms with Crippen LogP contribution < -0.4 is 15.5 Å². The van der Waals surface area contributed by atoms with Crippen molar-refractivity contribution >= 4 is 22.3 Å². The molecule has 1 aromatic carbocycles. The first-order chi connectivity index (χ1) is 13.7. The van der Waals surface area contributed by atoms with Crippen LogP contribution in [0.4, 0.5) is 5.00 Å². The number of nitrogens with one attached hydrogen (secondary N) is 2. The third-order valence-corrected chi connectivity index (χ3v) is 6.16. The van der Waals surface area contributed by atoms with Crippen LogP contribution in [0.15, 0.2) is 52.8 Å². The summed E-state index contributed by atoms with van der Waals surface area (Å²) in [5.74, 6) is 0.930. The number of guanidine groups is 1. The molecule has 2 heterocycles. The van der Waals surface area contributed by atoms with Gasteiger partial charge in [0, 0.05) is 25.7 Å². The molecule has 0 amide bonds. The molecule has 2 N–H and O–H groups in total. The Bertz CT molecular complexity index is 706. The molecule has 2 aromatic rings. The lowest BCUT2D eigenvalue weighted by molar-refractivity contribution is 0.306. The Hall–Kier alpha value is -2.05. The fourth-order valence-corrected chi connectivity index (χ4v) is 4.41. The topological polar surface area (TPSA) is 42.9 Å². The smallest absolute Gasteiger partial charge is 0.191 e. The number of nitrogens with zero attached hydrogens (tertiary/aromatic N) is 3. The molecule has 152 valence electrons. The number of rotatable bonds is 7. The molecule has 0 aliphatic carbocycles. The van der Waals surface area contributed by atoms with Crippen LogP contribution >= 0.6 is 11.3 Å². The van der Waals surface area contributed by atoms with Crippen LogP contribution in [0, 0.1) is 0 Å². The van der Waals surface area contributed by atoms with Gasteiger partial charge in [-0.05, 0) is 56.9 Å². The van der Waals surface area contributed by atoms with Gasteiger partial charge in [0.25, 0.3) is 0 Å². The highest BCUT2D eigenvalue weighted by Crippen LogP contribution is 2.25. The second kappa shape index (κ2) is 10.5. The third-order valence-electron chi connectivity index (χ3n) is 5.23. The zero-order valence-electron chi connectivity index (χ0n) is 17.3. The van der Waals surface area contributed by atoms with Crippen molar-refractivity contribution in [3.8, 4) is 0 Å². The number of hydrogen-bond acceptors (Lipinski definition) is 4. The summed E-state index contributed by atoms with van der Waals surface area (Å²) in [5.41, 5.74) is 1.30. The van der Waals surface area contributed by atoms with Crippen molar-refractivity contribution in [2.45, 2.75) is 31.8 Å². The van der Waals surface area contributed by atoms with E-state index in [1.54, 1.807) is 0 Å². The first-order valence-electron chi connectivity index (χ1n) is 10.2. The molecule has 6 heteroatoms. The van der Waals surface area contributed by atoms with Gasteiger partial charge in [-0.25, -0.2) is 0 Å². The Balaban J connectivity index is 1.58. The molecule has 0 spiro atoms. The van der Waals surface area contributed by atoms with Gasteiger partial charge in [-0.15, -0.1) is 11.3 Å². The Labute approximate surface area is 173 Å². The Morgan fingerprint density at radius 3 is 2.54 bits per heavy atom. The van der Waals surface area contributed by atoms with Crippen molar-refractivity contribution in [1.82, 2.24) is 15.5 Å². The molecular weight excluding hydrogens is 366 g/mol. The van der Waals surface area contributed by atoms with E-state index in [1.807, 2.05) is 11.3 Å². The second-order valence-corrected chi connectivity index (χ2v) is 8.39. The summed E-state index contributed by atoms with van der Waals surface area (Å²) >= 11 is 1.83. The van der Waals surface area contributed by atoms with Crippen molar-refractivity contribution in [3.63, 3.8) is 0 Å². The van der Waals surface area contributed by atoms with Crippen molar-refractivity contribution in [2.24, 2.45) is 4.99 Å². The lowest BCUT2D eigenvalue weighted by Crippen LogP contribution is -2.48. The van der Waals surface area contributed by atoms with E-state index in [0.29, 0.717) is 6.04 Å². The van der Waals surface area contributed by atoms with E-state index >= 15 is 0 Å². The summed E-state index contributed by atoms with van der Waals surface area (Å²) in [5, 5.41) is 10.6. The van der Waals surface area contributed by atoms with Gasteiger partial charge in [0.1, 0.15) is 0 Å². The molecule has 1 fully saturated rings. The number of aliphatic imine (C=N–C) groups is 1. The number of benzene rings is 1. The van der Waals surface area contributed by atoms with E-state index in [9.17, 15) is 0 Å². The lowest BCUT2D eigenvalue weighted by Gasteiger charge is -2.33. The van der Waals surface area contributed by atoms with Crippen LogP contribution in [0.25, 0.3) is 0 Å². The number of thiophene rings is 1. The molecular formula is C22H33N5S. The fraction of sp³-hybridized carbons (Fsp3) is 0.500. The molecule has 0 radical (unpaired) electrons. The van der Waals surface area contributed by atoms with Crippen LogP contribution in [0.5, 0.6) is 0 Å². The lowest BCUT2D eigenvalue weighted by atomic mass is 10.1. The molecule has 28 heavy (non-hydrogen) atoms. The van der Waals surface area contributed by atoms with Gasteiger partial charge in [-0.3, -0.25) is 4.99 Å². The van der Waals surface area contributed by atoms with Crippen molar-refractivity contribution < 1.29 is 0 Å². The molecule has 1 aliphatic heterocycles. The second-order valence-electron chi connectivity index (χ2n) is 7.47. The van der Waals surface area contributed by atoms with E-state index in [1.165, 1.54) is 10.6 Å². The van der Waals surface area contributed by atoms with Crippen molar-refractivity contribution in [2.75, 3.05) is 45.2 Å². The van der Waals surface area contributed by atoms with E-state index in [2.05, 4.69) is 89.3 Å². The van der Waals surface area contributed by atoms with Gasteiger partial charge < -0.3 is 20.4 Å². The van der Waals surface area contributed by atoms with E-state index in [0.717, 1.165) is 45.0 Å². The number of hydrogen-bond donors (Lipinski definition) is 2. The van der Waals surface area contributed by atoms with Crippen molar-refractivity contribution in [1.29, 1.82) is 0 Å². The molecule has 1 aliphatic rings. The van der Waals surface area contributed by atoms with Gasteiger partial charge in [0.15, 0.2) is 5.96 Å². The maximum Gasteiger partial charge on any atom is 0.191 e. The Morgan fingerprint density at radius 1 is 1.18 bits per heavy atom. The highest BCUT2D eigenvalue weighted by atomic mass is 32.1. The summed E-state index contributed by atoms with van der Waals surface area (Å²) in [4.78, 5) is 9.64. The molecule has 1 aromatic heterocycles. The zero-order valence-corrected chi connectivity index (χ0v) is 18.1. The minimum Gasteiger partial charge on any atom is -0.363 e. The molecule has 5 nitrogen and oxygen atoms in total. The first kappa shape index (κ1) is 20.7. The summed E-state index contributed by atoms with van der Waals surface area (Å²) in [6, 6.07) is 15.7. The van der Waals surface area contributed by atoms with Crippen LogP contribution in [0.2, 0.25) is 0 Å². The maximum atomic E-state index is 4.92. The van der Waals surface area contributed by atoms with Gasteiger partial charge in [0.05, 0.1) is 17.6 Å². The Morgan fingerprint density at radius 2 is 1.93 bits per heavy atom. The molecule has 0 bridgehead atoms. The summed E-state index contributed by atoms with van der Waals surface area (Å²) in [6.07, 6.45) is 2.27. The molecule has 1 atom stereocenters. The minimum absolute atomic E-state index is 0.275. The summed E-state index contributed by atoms with van der Waals surface area (Å²) < 4.78 is 0. The van der Waals surface area contributed by atoms with Gasteiger partial charge in [-0.1, -0.05) is 30.3 Å². The molecule has 3 rings (SSSR count). The average Bonchev–Trinajstić information content (AvgIpc) is 3.24. The normalized spacial score (nSPS) is 17.0. The number of likely N-dealkylation sites (N-methyl/N-ethyl adjacent to an activating group) is 1. The van der Waals surface area contributed by atoms with Gasteiger partial charge in [-0.2, -0.15) is 0 Å². The summed E-state index contributed by atoms with van der Waals surface area (Å²) in [6.45, 7) is 5.93. The predicted molar refractivity (Wildman–Crippen MR) is 122 cm³/mol. The predicted octanol–water partition coefficient (Wildman–Crippen LogP) is 3.57. The van der Waals surface area contributed by atoms with E-state index < -0.39 is 0 Å². The molecule has 0 saturated carbocycles. The van der Waals surface area contributed by atoms with E-state index in [-0.39, 0.29) is 6.04 Å². The monoisotopic (exact) mass is 399 g/mol. The van der Waals surface area contributed by atoms with Crippen LogP contribution in [-0.2, 0) is 0 Å². The van der Waals surface area contributed by atoms with Gasteiger partial charge >= 0.3 is 0 Å². The number of anilines is 1. The highest BCUT2D eigenvalue weighted by Gasteiger charge is 2.21. The van der Waals surface area contributed by atoms with E-state index in [4.69, 9.17) is 4.99 Å². The number of piperidine rings is 1. The maximum absolute atomic E-state index is 4.92. The van der Waals surface area contributed by atoms with Crippen LogP contribution in [0.1, 0.15) is 31.4 Å². The average molecular weight is 400 g/mol. The van der Waals surface area contributed by atoms with Gasteiger partial charge in [0.2, 0.25) is 0 Å². The Kier molecular flexibility index (Phi) is 7.74. The van der Waals surface area contributed by atoms with Crippen LogP contribution in [-0.4, -0.2) is 57.2 Å². The zero-order chi connectivity index (χ0) is 19.8.